The molecular formula is C40H67BrF4MgN4O7. The van der Waals surface area contributed by atoms with E-state index in [0.717, 1.165) is 13.2 Å². The third kappa shape index (κ3) is 15.9. The Morgan fingerprint density at radius 2 is 1.30 bits per heavy atom. The van der Waals surface area contributed by atoms with Gasteiger partial charge in [0.2, 0.25) is 5.91 Å². The Hall–Kier alpha value is -1.27. The monoisotopic (exact) mass is 894 g/mol. The molecule has 4 heterocycles. The summed E-state index contributed by atoms with van der Waals surface area (Å²) in [5.41, 5.74) is -2.80. The molecule has 6 fully saturated rings. The minimum atomic E-state index is -2.50. The Bertz CT molecular complexity index is 1320. The normalized spacial score (nSPS) is 24.5. The number of amides is 3. The van der Waals surface area contributed by atoms with Crippen molar-refractivity contribution in [3.8, 4) is 0 Å². The molecule has 0 aromatic carbocycles. The number of imide groups is 1. The number of nitrogens with one attached hydrogen (secondary N) is 1. The van der Waals surface area contributed by atoms with Crippen molar-refractivity contribution in [2.75, 3.05) is 52.5 Å². The molecule has 17 heteroatoms. The van der Waals surface area contributed by atoms with E-state index in [4.69, 9.17) is 14.2 Å². The fourth-order valence-electron chi connectivity index (χ4n) is 7.83. The van der Waals surface area contributed by atoms with Crippen LogP contribution in [0.1, 0.15) is 126 Å². The van der Waals surface area contributed by atoms with Gasteiger partial charge >= 0.3 is 35.2 Å². The SMILES string of the molecule is C1CCOC1.CC(=O)CC[C@@H](CN1CCC2(CC1)CC2(F)F)NC(=O)OC(C)(C)C.CC(C)(C)OC(=O)N1C(=O)CC[C@H]1CN1CCC2(CC1)CC2(F)F.[Br-].[CH3-].[Mg+2]. The summed E-state index contributed by atoms with van der Waals surface area (Å²) in [6.07, 6.45) is 5.27. The Morgan fingerprint density at radius 1 is 0.842 bits per heavy atom. The first kappa shape index (κ1) is 53.7. The third-order valence-corrected chi connectivity index (χ3v) is 11.3. The molecule has 4 aliphatic heterocycles. The molecule has 326 valence electrons. The van der Waals surface area contributed by atoms with Gasteiger partial charge in [-0.3, -0.25) is 4.79 Å². The topological polar surface area (TPSA) is 118 Å². The van der Waals surface area contributed by atoms with Gasteiger partial charge in [0.25, 0.3) is 11.8 Å². The van der Waals surface area contributed by atoms with Crippen LogP contribution in [0, 0.1) is 18.3 Å². The number of rotatable bonds is 8. The van der Waals surface area contributed by atoms with E-state index in [1.165, 1.54) is 24.7 Å². The zero-order chi connectivity index (χ0) is 40.2. The van der Waals surface area contributed by atoms with Crippen molar-refractivity contribution < 1.29 is 67.9 Å². The number of alkyl halides is 4. The van der Waals surface area contributed by atoms with Gasteiger partial charge in [-0.2, -0.15) is 0 Å². The van der Waals surface area contributed by atoms with Crippen LogP contribution in [0.5, 0.6) is 0 Å². The number of halogens is 5. The Balaban J connectivity index is 0.000000484. The minimum Gasteiger partial charge on any atom is -1.00 e. The van der Waals surface area contributed by atoms with Crippen LogP contribution in [0.4, 0.5) is 27.2 Å². The second-order valence-electron chi connectivity index (χ2n) is 18.3. The quantitative estimate of drug-likeness (QED) is 0.217. The smallest absolute Gasteiger partial charge is 1.00 e. The van der Waals surface area contributed by atoms with Crippen molar-refractivity contribution >= 4 is 46.9 Å². The van der Waals surface area contributed by atoms with Gasteiger partial charge in [0.05, 0.1) is 6.04 Å². The average Bonchev–Trinajstić information content (AvgIpc) is 3.46. The first-order valence-electron chi connectivity index (χ1n) is 19.8. The molecule has 2 aliphatic carbocycles. The standard InChI is InChI=1S/C18H30F2N2O3.C17H26F2N2O3.C4H8O.CH3.BrH.Mg/c1-13(23)5-6-14(21-15(24)25-16(2,3)4)11-22-9-7-17(8-10-22)12-18(17,19)20;1-15(2,3)24-14(23)21-12(4-5-13(21)22)10-20-8-6-16(7-9-20)11-17(16,18)19;1-2-4-5-3-1;;;/h14H,5-12H2,1-4H3,(H,21,24);12H,4-11H2,1-3H3;1-4H2;1H3;1H;/q;;;-1;;+2/p-1/t14-;12-;;;;/m00..../s1. The summed E-state index contributed by atoms with van der Waals surface area (Å²) in [5.74, 6) is -5.14. The van der Waals surface area contributed by atoms with E-state index in [0.29, 0.717) is 90.6 Å². The fraction of sp³-hybridized carbons (Fsp3) is 0.875. The second kappa shape index (κ2) is 21.5. The number of ether oxygens (including phenoxy) is 3. The van der Waals surface area contributed by atoms with Crippen molar-refractivity contribution in [1.82, 2.24) is 20.0 Å². The molecule has 6 aliphatic rings. The largest absolute Gasteiger partial charge is 2.00 e. The van der Waals surface area contributed by atoms with Crippen LogP contribution in [0.2, 0.25) is 0 Å². The zero-order valence-corrected chi connectivity index (χ0v) is 38.6. The van der Waals surface area contributed by atoms with Crippen LogP contribution in [-0.4, -0.2) is 149 Å². The van der Waals surface area contributed by atoms with Crippen LogP contribution < -0.4 is 22.3 Å². The Kier molecular flexibility index (Phi) is 20.3. The van der Waals surface area contributed by atoms with E-state index < -0.39 is 46.1 Å². The van der Waals surface area contributed by atoms with E-state index in [9.17, 15) is 36.7 Å². The summed E-state index contributed by atoms with van der Waals surface area (Å²) >= 11 is 0. The van der Waals surface area contributed by atoms with E-state index in [1.54, 1.807) is 41.5 Å². The first-order valence-corrected chi connectivity index (χ1v) is 19.8. The molecule has 0 aromatic rings. The summed E-state index contributed by atoms with van der Waals surface area (Å²) < 4.78 is 69.4. The van der Waals surface area contributed by atoms with E-state index >= 15 is 0 Å². The van der Waals surface area contributed by atoms with Gasteiger partial charge in [-0.15, -0.1) is 0 Å². The summed E-state index contributed by atoms with van der Waals surface area (Å²) in [6.45, 7) is 17.7. The predicted octanol–water partition coefficient (Wildman–Crippen LogP) is 4.27. The molecule has 2 atom stereocenters. The minimum absolute atomic E-state index is 0. The summed E-state index contributed by atoms with van der Waals surface area (Å²) in [5, 5.41) is 2.83. The molecule has 2 saturated carbocycles. The van der Waals surface area contributed by atoms with Crippen molar-refractivity contribution in [2.24, 2.45) is 10.8 Å². The molecule has 0 radical (unpaired) electrons. The third-order valence-electron chi connectivity index (χ3n) is 11.3. The summed E-state index contributed by atoms with van der Waals surface area (Å²) in [6, 6.07) is -0.450. The average molecular weight is 896 g/mol. The number of hydrogen-bond acceptors (Lipinski definition) is 9. The van der Waals surface area contributed by atoms with Gasteiger partial charge in [-0.05, 0) is 126 Å². The van der Waals surface area contributed by atoms with Crippen molar-refractivity contribution in [3.63, 3.8) is 0 Å². The maximum Gasteiger partial charge on any atom is 2.00 e. The molecule has 0 unspecified atom stereocenters. The molecule has 6 rings (SSSR count). The van der Waals surface area contributed by atoms with Gasteiger partial charge in [-0.25, -0.2) is 32.1 Å². The van der Waals surface area contributed by atoms with E-state index in [1.807, 2.05) is 0 Å². The van der Waals surface area contributed by atoms with Crippen molar-refractivity contribution in [1.29, 1.82) is 0 Å². The van der Waals surface area contributed by atoms with E-state index in [2.05, 4.69) is 15.1 Å². The summed E-state index contributed by atoms with van der Waals surface area (Å²) in [7, 11) is 0. The Labute approximate surface area is 364 Å². The van der Waals surface area contributed by atoms with Crippen molar-refractivity contribution in [2.45, 2.75) is 161 Å². The molecule has 0 aromatic heterocycles. The zero-order valence-electron chi connectivity index (χ0n) is 35.6. The molecule has 4 saturated heterocycles. The first-order chi connectivity index (χ1) is 25.0. The number of nitrogens with zero attached hydrogens (tertiary/aromatic N) is 3. The van der Waals surface area contributed by atoms with E-state index in [-0.39, 0.29) is 84.1 Å². The van der Waals surface area contributed by atoms with Crippen LogP contribution in [-0.2, 0) is 23.8 Å². The van der Waals surface area contributed by atoms with Gasteiger partial charge in [0.1, 0.15) is 17.0 Å². The number of carbonyl (C=O) groups is 4. The maximum absolute atomic E-state index is 13.5. The number of carbonyl (C=O) groups excluding carboxylic acids is 4. The van der Waals surface area contributed by atoms with Crippen LogP contribution >= 0.6 is 0 Å². The van der Waals surface area contributed by atoms with Crippen LogP contribution in [0.25, 0.3) is 0 Å². The molecular weight excluding hydrogens is 829 g/mol. The number of Topliss-reactive ketones (excluding diaryl/α,β-unsaturated/α-hetero) is 1. The summed E-state index contributed by atoms with van der Waals surface area (Å²) in [4.78, 5) is 53.1. The van der Waals surface area contributed by atoms with Gasteiger partial charge < -0.3 is 58.5 Å². The van der Waals surface area contributed by atoms with Crippen LogP contribution in [0.3, 0.4) is 0 Å². The van der Waals surface area contributed by atoms with Gasteiger partial charge in [0.15, 0.2) is 0 Å². The molecule has 0 bridgehead atoms. The molecule has 1 N–H and O–H groups in total. The number of alkyl carbamates (subject to hydrolysis) is 1. The van der Waals surface area contributed by atoms with Crippen molar-refractivity contribution in [3.05, 3.63) is 7.43 Å². The molecule has 57 heavy (non-hydrogen) atoms. The number of likely N-dealkylation sites (tertiary alicyclic amines) is 3. The van der Waals surface area contributed by atoms with Crippen LogP contribution in [0.15, 0.2) is 0 Å². The molecule has 3 amide bonds. The maximum atomic E-state index is 13.5. The molecule has 2 spiro atoms. The number of ketones is 1. The Morgan fingerprint density at radius 3 is 1.68 bits per heavy atom. The van der Waals surface area contributed by atoms with Gasteiger partial charge in [0, 0.05) is 68.9 Å². The predicted molar refractivity (Wildman–Crippen MR) is 207 cm³/mol. The second-order valence-corrected chi connectivity index (χ2v) is 18.3. The molecule has 11 nitrogen and oxygen atoms in total. The van der Waals surface area contributed by atoms with Gasteiger partial charge in [-0.1, -0.05) is 0 Å². The number of hydrogen-bond donors (Lipinski definition) is 1. The number of piperidine rings is 2. The fourth-order valence-corrected chi connectivity index (χ4v) is 7.83.